The van der Waals surface area contributed by atoms with Crippen LogP contribution in [0.15, 0.2) is 46.9 Å². The first-order valence-electron chi connectivity index (χ1n) is 5.61. The average Bonchev–Trinajstić information content (AvgIpc) is 2.41. The number of rotatable bonds is 2. The normalized spacial score (nSPS) is 10.2. The van der Waals surface area contributed by atoms with Crippen LogP contribution in [0, 0.1) is 0 Å². The van der Waals surface area contributed by atoms with Gasteiger partial charge in [0, 0.05) is 24.0 Å². The Morgan fingerprint density at radius 1 is 1.21 bits per heavy atom. The van der Waals surface area contributed by atoms with Crippen molar-refractivity contribution in [2.24, 2.45) is 0 Å². The quantitative estimate of drug-likeness (QED) is 0.836. The summed E-state index contributed by atoms with van der Waals surface area (Å²) in [5, 5.41) is 9.60. The molecule has 0 bridgehead atoms. The van der Waals surface area contributed by atoms with E-state index in [1.807, 2.05) is 0 Å². The Hall–Kier alpha value is -2.01. The summed E-state index contributed by atoms with van der Waals surface area (Å²) in [6, 6.07) is 11.7. The fraction of sp³-hybridized carbons (Fsp3) is 0.0714. The Morgan fingerprint density at radius 3 is 2.42 bits per heavy atom. The number of phenols is 1. The maximum Gasteiger partial charge on any atom is 0.258 e. The molecule has 0 saturated carbocycles. The number of anilines is 2. The van der Waals surface area contributed by atoms with Gasteiger partial charge in [0.25, 0.3) is 5.91 Å². The molecule has 4 nitrogen and oxygen atoms in total. The van der Waals surface area contributed by atoms with Crippen LogP contribution in [0.3, 0.4) is 0 Å². The first kappa shape index (κ1) is 13.4. The molecule has 0 unspecified atom stereocenters. The van der Waals surface area contributed by atoms with Crippen LogP contribution in [0.25, 0.3) is 0 Å². The van der Waals surface area contributed by atoms with Crippen LogP contribution in [0.5, 0.6) is 5.75 Å². The van der Waals surface area contributed by atoms with Gasteiger partial charge < -0.3 is 15.7 Å². The molecule has 0 atom stereocenters. The minimum Gasteiger partial charge on any atom is -0.507 e. The smallest absolute Gasteiger partial charge is 0.258 e. The summed E-state index contributed by atoms with van der Waals surface area (Å²) in [4.78, 5) is 13.8. The summed E-state index contributed by atoms with van der Waals surface area (Å²) in [6.07, 6.45) is 0. The molecule has 0 fully saturated rings. The summed E-state index contributed by atoms with van der Waals surface area (Å²) in [5.74, 6) is -0.163. The second-order valence-electron chi connectivity index (χ2n) is 4.12. The number of nitrogen functional groups attached to an aromatic ring is 1. The van der Waals surface area contributed by atoms with Gasteiger partial charge in [0.1, 0.15) is 5.75 Å². The number of aromatic hydroxyl groups is 1. The highest BCUT2D eigenvalue weighted by Gasteiger charge is 2.14. The van der Waals surface area contributed by atoms with Crippen LogP contribution in [-0.2, 0) is 0 Å². The van der Waals surface area contributed by atoms with Gasteiger partial charge in [0.2, 0.25) is 0 Å². The SMILES string of the molecule is CN(C(=O)c1ccc(Br)c(O)c1)c1ccc(N)cc1. The minimum atomic E-state index is -0.201. The summed E-state index contributed by atoms with van der Waals surface area (Å²) in [7, 11) is 1.67. The van der Waals surface area contributed by atoms with Gasteiger partial charge in [-0.1, -0.05) is 0 Å². The van der Waals surface area contributed by atoms with Crippen molar-refractivity contribution >= 4 is 33.2 Å². The fourth-order valence-corrected chi connectivity index (χ4v) is 1.90. The van der Waals surface area contributed by atoms with Crippen molar-refractivity contribution in [3.05, 3.63) is 52.5 Å². The monoisotopic (exact) mass is 320 g/mol. The summed E-state index contributed by atoms with van der Waals surface area (Å²) >= 11 is 3.18. The van der Waals surface area contributed by atoms with Crippen LogP contribution < -0.4 is 10.6 Å². The van der Waals surface area contributed by atoms with E-state index in [-0.39, 0.29) is 11.7 Å². The van der Waals surface area contributed by atoms with Gasteiger partial charge in [-0.25, -0.2) is 0 Å². The lowest BCUT2D eigenvalue weighted by Gasteiger charge is -2.17. The molecule has 98 valence electrons. The lowest BCUT2D eigenvalue weighted by molar-refractivity contribution is 0.0992. The van der Waals surface area contributed by atoms with E-state index in [0.29, 0.717) is 15.7 Å². The predicted octanol–water partition coefficient (Wildman–Crippen LogP) is 3.01. The lowest BCUT2D eigenvalue weighted by atomic mass is 10.1. The zero-order valence-corrected chi connectivity index (χ0v) is 11.9. The zero-order chi connectivity index (χ0) is 14.0. The number of carbonyl (C=O) groups excluding carboxylic acids is 1. The third-order valence-corrected chi connectivity index (χ3v) is 3.45. The van der Waals surface area contributed by atoms with Crippen molar-refractivity contribution in [1.82, 2.24) is 0 Å². The summed E-state index contributed by atoms with van der Waals surface area (Å²) < 4.78 is 0.555. The highest BCUT2D eigenvalue weighted by molar-refractivity contribution is 9.10. The molecule has 19 heavy (non-hydrogen) atoms. The van der Waals surface area contributed by atoms with Gasteiger partial charge in [0.15, 0.2) is 0 Å². The van der Waals surface area contributed by atoms with Crippen LogP contribution in [0.4, 0.5) is 11.4 Å². The lowest BCUT2D eigenvalue weighted by Crippen LogP contribution is -2.26. The highest BCUT2D eigenvalue weighted by atomic mass is 79.9. The number of hydrogen-bond donors (Lipinski definition) is 2. The van der Waals surface area contributed by atoms with E-state index in [0.717, 1.165) is 5.69 Å². The zero-order valence-electron chi connectivity index (χ0n) is 10.3. The van der Waals surface area contributed by atoms with Crippen molar-refractivity contribution < 1.29 is 9.90 Å². The van der Waals surface area contributed by atoms with Crippen molar-refractivity contribution in [1.29, 1.82) is 0 Å². The van der Waals surface area contributed by atoms with Gasteiger partial charge in [-0.2, -0.15) is 0 Å². The number of halogens is 1. The van der Waals surface area contributed by atoms with E-state index in [1.54, 1.807) is 43.4 Å². The summed E-state index contributed by atoms with van der Waals surface area (Å²) in [5.41, 5.74) is 7.41. The Labute approximate surface area is 119 Å². The van der Waals surface area contributed by atoms with E-state index >= 15 is 0 Å². The number of benzene rings is 2. The Kier molecular flexibility index (Phi) is 3.76. The average molecular weight is 321 g/mol. The number of nitrogens with two attached hydrogens (primary N) is 1. The van der Waals surface area contributed by atoms with E-state index < -0.39 is 0 Å². The maximum absolute atomic E-state index is 12.3. The minimum absolute atomic E-state index is 0.0385. The molecule has 2 aromatic rings. The molecular formula is C14H13BrN2O2. The predicted molar refractivity (Wildman–Crippen MR) is 79.4 cm³/mol. The van der Waals surface area contributed by atoms with Crippen molar-refractivity contribution in [3.8, 4) is 5.75 Å². The highest BCUT2D eigenvalue weighted by Crippen LogP contribution is 2.25. The number of carbonyl (C=O) groups is 1. The third-order valence-electron chi connectivity index (χ3n) is 2.78. The fourth-order valence-electron chi connectivity index (χ4n) is 1.65. The number of hydrogen-bond acceptors (Lipinski definition) is 3. The second kappa shape index (κ2) is 5.32. The molecule has 0 aromatic heterocycles. The molecule has 2 aromatic carbocycles. The third kappa shape index (κ3) is 2.88. The Morgan fingerprint density at radius 2 is 1.84 bits per heavy atom. The molecule has 5 heteroatoms. The standard InChI is InChI=1S/C14H13BrN2O2/c1-17(11-5-3-10(16)4-6-11)14(19)9-2-7-12(15)13(18)8-9/h2-8,18H,16H2,1H3. The van der Waals surface area contributed by atoms with Gasteiger partial charge in [-0.05, 0) is 58.4 Å². The maximum atomic E-state index is 12.3. The van der Waals surface area contributed by atoms with E-state index in [1.165, 1.54) is 11.0 Å². The van der Waals surface area contributed by atoms with Gasteiger partial charge >= 0.3 is 0 Å². The molecule has 2 rings (SSSR count). The number of amides is 1. The molecule has 0 aliphatic heterocycles. The molecular weight excluding hydrogens is 308 g/mol. The Balaban J connectivity index is 2.28. The van der Waals surface area contributed by atoms with Crippen LogP contribution in [0.2, 0.25) is 0 Å². The molecule has 0 saturated heterocycles. The van der Waals surface area contributed by atoms with E-state index in [9.17, 15) is 9.90 Å². The van der Waals surface area contributed by atoms with Crippen molar-refractivity contribution in [2.45, 2.75) is 0 Å². The molecule has 0 aliphatic carbocycles. The van der Waals surface area contributed by atoms with Crippen molar-refractivity contribution in [3.63, 3.8) is 0 Å². The van der Waals surface area contributed by atoms with Crippen molar-refractivity contribution in [2.75, 3.05) is 17.7 Å². The molecule has 0 heterocycles. The topological polar surface area (TPSA) is 66.6 Å². The molecule has 0 radical (unpaired) electrons. The van der Waals surface area contributed by atoms with Gasteiger partial charge in [0.05, 0.1) is 4.47 Å². The van der Waals surface area contributed by atoms with Gasteiger partial charge in [-0.15, -0.1) is 0 Å². The van der Waals surface area contributed by atoms with E-state index in [4.69, 9.17) is 5.73 Å². The molecule has 0 spiro atoms. The second-order valence-corrected chi connectivity index (χ2v) is 4.98. The van der Waals surface area contributed by atoms with Crippen LogP contribution in [0.1, 0.15) is 10.4 Å². The van der Waals surface area contributed by atoms with Crippen LogP contribution in [-0.4, -0.2) is 18.1 Å². The van der Waals surface area contributed by atoms with E-state index in [2.05, 4.69) is 15.9 Å². The van der Waals surface area contributed by atoms with Gasteiger partial charge in [-0.3, -0.25) is 4.79 Å². The number of phenolic OH excluding ortho intramolecular Hbond substituents is 1. The molecule has 0 aliphatic rings. The van der Waals surface area contributed by atoms with Crippen LogP contribution >= 0.6 is 15.9 Å². The Bertz CT molecular complexity index is 611. The largest absolute Gasteiger partial charge is 0.507 e. The molecule has 1 amide bonds. The first-order chi connectivity index (χ1) is 8.99. The molecule has 3 N–H and O–H groups in total. The first-order valence-corrected chi connectivity index (χ1v) is 6.40. The number of nitrogens with zero attached hydrogens (tertiary/aromatic N) is 1. The summed E-state index contributed by atoms with van der Waals surface area (Å²) in [6.45, 7) is 0.